The maximum absolute atomic E-state index is 11.4. The van der Waals surface area contributed by atoms with Crippen LogP contribution in [0.4, 0.5) is 0 Å². The Balaban J connectivity index is 2.96. The lowest BCUT2D eigenvalue weighted by molar-refractivity contribution is -0.120. The smallest absolute Gasteiger partial charge is 0.150 e. The molecular weight excluding hydrogens is 228 g/mol. The van der Waals surface area contributed by atoms with Crippen molar-refractivity contribution in [1.82, 2.24) is 0 Å². The Morgan fingerprint density at radius 1 is 1.19 bits per heavy atom. The summed E-state index contributed by atoms with van der Waals surface area (Å²) in [4.78, 5) is 0. The van der Waals surface area contributed by atoms with E-state index in [9.17, 15) is 18.6 Å². The van der Waals surface area contributed by atoms with Gasteiger partial charge in [-0.25, -0.2) is 8.42 Å². The first-order valence-corrected chi connectivity index (χ1v) is 7.70. The summed E-state index contributed by atoms with van der Waals surface area (Å²) in [7, 11) is -2.96. The van der Waals surface area contributed by atoms with Gasteiger partial charge in [0.2, 0.25) is 0 Å². The van der Waals surface area contributed by atoms with E-state index in [1.807, 2.05) is 13.8 Å². The van der Waals surface area contributed by atoms with E-state index < -0.39 is 20.9 Å². The van der Waals surface area contributed by atoms with Crippen LogP contribution in [0.5, 0.6) is 0 Å². The van der Waals surface area contributed by atoms with Crippen LogP contribution in [0.25, 0.3) is 0 Å². The zero-order valence-electron chi connectivity index (χ0n) is 10.1. The highest BCUT2D eigenvalue weighted by molar-refractivity contribution is 7.91. The molecule has 0 aromatic carbocycles. The van der Waals surface area contributed by atoms with Crippen LogP contribution in [0.3, 0.4) is 0 Å². The van der Waals surface area contributed by atoms with Crippen molar-refractivity contribution >= 4 is 9.84 Å². The summed E-state index contributed by atoms with van der Waals surface area (Å²) in [6, 6.07) is 0. The van der Waals surface area contributed by atoms with E-state index in [1.54, 1.807) is 0 Å². The molecule has 0 saturated carbocycles. The SMILES string of the molecule is CCC(O)(CC)C1(CO)CCS(=O)(=O)CC1. The van der Waals surface area contributed by atoms with Crippen molar-refractivity contribution in [2.24, 2.45) is 5.41 Å². The van der Waals surface area contributed by atoms with Crippen LogP contribution in [0.2, 0.25) is 0 Å². The highest BCUT2D eigenvalue weighted by Gasteiger charge is 2.50. The van der Waals surface area contributed by atoms with Gasteiger partial charge in [-0.1, -0.05) is 13.8 Å². The van der Waals surface area contributed by atoms with E-state index in [0.29, 0.717) is 25.7 Å². The number of rotatable bonds is 4. The van der Waals surface area contributed by atoms with Gasteiger partial charge in [0.15, 0.2) is 0 Å². The molecule has 16 heavy (non-hydrogen) atoms. The topological polar surface area (TPSA) is 74.6 Å². The van der Waals surface area contributed by atoms with Gasteiger partial charge < -0.3 is 10.2 Å². The molecule has 96 valence electrons. The molecule has 0 bridgehead atoms. The van der Waals surface area contributed by atoms with Crippen LogP contribution in [0, 0.1) is 5.41 Å². The maximum Gasteiger partial charge on any atom is 0.150 e. The number of hydrogen-bond donors (Lipinski definition) is 2. The molecule has 0 aromatic heterocycles. The Hall–Kier alpha value is -0.130. The molecule has 0 spiro atoms. The first-order valence-electron chi connectivity index (χ1n) is 5.88. The number of aliphatic hydroxyl groups excluding tert-OH is 1. The van der Waals surface area contributed by atoms with Gasteiger partial charge in [-0.05, 0) is 25.7 Å². The van der Waals surface area contributed by atoms with Gasteiger partial charge in [0.25, 0.3) is 0 Å². The quantitative estimate of drug-likeness (QED) is 0.771. The van der Waals surface area contributed by atoms with Crippen LogP contribution in [0.1, 0.15) is 39.5 Å². The largest absolute Gasteiger partial charge is 0.396 e. The van der Waals surface area contributed by atoms with Crippen molar-refractivity contribution < 1.29 is 18.6 Å². The molecule has 0 aliphatic carbocycles. The van der Waals surface area contributed by atoms with Crippen molar-refractivity contribution in [2.45, 2.75) is 45.1 Å². The number of hydrogen-bond acceptors (Lipinski definition) is 4. The minimum atomic E-state index is -2.96. The van der Waals surface area contributed by atoms with E-state index in [1.165, 1.54) is 0 Å². The Morgan fingerprint density at radius 3 is 1.94 bits per heavy atom. The number of aliphatic hydroxyl groups is 2. The van der Waals surface area contributed by atoms with E-state index >= 15 is 0 Å². The van der Waals surface area contributed by atoms with Crippen molar-refractivity contribution in [2.75, 3.05) is 18.1 Å². The van der Waals surface area contributed by atoms with Gasteiger partial charge in [0, 0.05) is 5.41 Å². The van der Waals surface area contributed by atoms with Crippen molar-refractivity contribution in [3.05, 3.63) is 0 Å². The second-order valence-electron chi connectivity index (χ2n) is 4.83. The summed E-state index contributed by atoms with van der Waals surface area (Å²) in [5, 5.41) is 20.1. The first-order chi connectivity index (χ1) is 7.35. The highest BCUT2D eigenvalue weighted by atomic mass is 32.2. The summed E-state index contributed by atoms with van der Waals surface area (Å²) in [5.41, 5.74) is -1.58. The Morgan fingerprint density at radius 2 is 1.62 bits per heavy atom. The first kappa shape index (κ1) is 13.9. The molecule has 1 rings (SSSR count). The van der Waals surface area contributed by atoms with Crippen LogP contribution in [-0.4, -0.2) is 42.3 Å². The summed E-state index contributed by atoms with van der Waals surface area (Å²) in [5.74, 6) is 0.158. The number of sulfone groups is 1. The maximum atomic E-state index is 11.4. The van der Waals surface area contributed by atoms with E-state index in [-0.39, 0.29) is 18.1 Å². The van der Waals surface area contributed by atoms with E-state index in [2.05, 4.69) is 0 Å². The molecule has 2 N–H and O–H groups in total. The molecule has 5 heteroatoms. The zero-order valence-corrected chi connectivity index (χ0v) is 10.9. The molecule has 0 aromatic rings. The minimum absolute atomic E-state index is 0.0792. The summed E-state index contributed by atoms with van der Waals surface area (Å²) in [6.07, 6.45) is 1.82. The summed E-state index contributed by atoms with van der Waals surface area (Å²) >= 11 is 0. The molecule has 1 saturated heterocycles. The van der Waals surface area contributed by atoms with Gasteiger partial charge >= 0.3 is 0 Å². The van der Waals surface area contributed by atoms with E-state index in [0.717, 1.165) is 0 Å². The fraction of sp³-hybridized carbons (Fsp3) is 1.00. The second kappa shape index (κ2) is 4.63. The van der Waals surface area contributed by atoms with Crippen molar-refractivity contribution in [3.63, 3.8) is 0 Å². The molecule has 4 nitrogen and oxygen atoms in total. The third-order valence-electron chi connectivity index (χ3n) is 4.24. The summed E-state index contributed by atoms with van der Waals surface area (Å²) < 4.78 is 22.8. The van der Waals surface area contributed by atoms with Crippen LogP contribution in [0.15, 0.2) is 0 Å². The average Bonchev–Trinajstić information content (AvgIpc) is 2.29. The molecule has 0 atom stereocenters. The molecule has 1 aliphatic rings. The molecule has 1 fully saturated rings. The third-order valence-corrected chi connectivity index (χ3v) is 5.90. The van der Waals surface area contributed by atoms with Crippen LogP contribution < -0.4 is 0 Å². The predicted molar refractivity (Wildman–Crippen MR) is 62.9 cm³/mol. The zero-order chi connectivity index (χ0) is 12.4. The van der Waals surface area contributed by atoms with Crippen LogP contribution in [-0.2, 0) is 9.84 Å². The predicted octanol–water partition coefficient (Wildman–Crippen LogP) is 0.725. The second-order valence-corrected chi connectivity index (χ2v) is 7.13. The fourth-order valence-corrected chi connectivity index (χ4v) is 4.31. The molecule has 0 amide bonds. The van der Waals surface area contributed by atoms with Crippen LogP contribution >= 0.6 is 0 Å². The van der Waals surface area contributed by atoms with Gasteiger partial charge in [0.1, 0.15) is 9.84 Å². The minimum Gasteiger partial charge on any atom is -0.396 e. The highest BCUT2D eigenvalue weighted by Crippen LogP contribution is 2.45. The molecule has 0 radical (unpaired) electrons. The van der Waals surface area contributed by atoms with Gasteiger partial charge in [0.05, 0.1) is 23.7 Å². The Kier molecular flexibility index (Phi) is 4.03. The standard InChI is InChI=1S/C11H22O4S/c1-3-11(13,4-2)10(9-12)5-7-16(14,15)8-6-10/h12-13H,3-9H2,1-2H3. The van der Waals surface area contributed by atoms with Gasteiger partial charge in [-0.15, -0.1) is 0 Å². The molecular formula is C11H22O4S. The average molecular weight is 250 g/mol. The van der Waals surface area contributed by atoms with Gasteiger partial charge in [-0.3, -0.25) is 0 Å². The molecule has 1 aliphatic heterocycles. The monoisotopic (exact) mass is 250 g/mol. The normalized spacial score (nSPS) is 24.2. The van der Waals surface area contributed by atoms with E-state index in [4.69, 9.17) is 0 Å². The Labute approximate surface area is 97.6 Å². The lowest BCUT2D eigenvalue weighted by atomic mass is 9.66. The lowest BCUT2D eigenvalue weighted by Crippen LogP contribution is -2.53. The fourth-order valence-electron chi connectivity index (χ4n) is 2.70. The van der Waals surface area contributed by atoms with Crippen molar-refractivity contribution in [3.8, 4) is 0 Å². The summed E-state index contributed by atoms with van der Waals surface area (Å²) in [6.45, 7) is 3.62. The van der Waals surface area contributed by atoms with Crippen molar-refractivity contribution in [1.29, 1.82) is 0 Å². The van der Waals surface area contributed by atoms with Gasteiger partial charge in [-0.2, -0.15) is 0 Å². The third kappa shape index (κ3) is 2.26. The lowest BCUT2D eigenvalue weighted by Gasteiger charge is -2.48. The molecule has 1 heterocycles. The molecule has 0 unspecified atom stereocenters. The Bertz CT molecular complexity index is 316.